The molecule has 2 aromatic rings. The van der Waals surface area contributed by atoms with Crippen LogP contribution in [0.25, 0.3) is 10.9 Å². The van der Waals surface area contributed by atoms with Gasteiger partial charge in [-0.1, -0.05) is 6.04 Å². The molecule has 1 atom stereocenters. The van der Waals surface area contributed by atoms with Gasteiger partial charge < -0.3 is 19.9 Å². The Morgan fingerprint density at radius 2 is 2.57 bits per heavy atom. The number of nitrogens with one attached hydrogen (secondary N) is 2. The van der Waals surface area contributed by atoms with Crippen LogP contribution in [-0.2, 0) is 17.5 Å². The van der Waals surface area contributed by atoms with Gasteiger partial charge in [0.15, 0.2) is 0 Å². The van der Waals surface area contributed by atoms with E-state index in [9.17, 15) is 4.79 Å². The van der Waals surface area contributed by atoms with Gasteiger partial charge in [-0.2, -0.15) is 0 Å². The number of hydrogen-bond donors (Lipinski definition) is 2. The maximum Gasteiger partial charge on any atom is 0.407 e. The zero-order valence-corrected chi connectivity index (χ0v) is 11.2. The number of carbonyl (C=O) groups is 1. The number of amides is 1. The van der Waals surface area contributed by atoms with E-state index in [0.29, 0.717) is 4.90 Å². The van der Waals surface area contributed by atoms with E-state index in [4.69, 9.17) is 16.4 Å². The summed E-state index contributed by atoms with van der Waals surface area (Å²) in [6.45, 7) is -6.05. The largest absolute Gasteiger partial charge is 0.447 e. The first-order chi connectivity index (χ1) is 14.8. The zero-order chi connectivity index (χ0) is 25.3. The normalized spacial score (nSPS) is 32.0. The Morgan fingerprint density at radius 1 is 1.67 bits per heavy atom. The lowest BCUT2D eigenvalue weighted by atomic mass is 10.0. The van der Waals surface area contributed by atoms with Crippen molar-refractivity contribution >= 4 is 17.0 Å². The number of rotatable bonds is 5. The molecule has 1 amide bonds. The summed E-state index contributed by atoms with van der Waals surface area (Å²) in [4.78, 5) is 14.4. The van der Waals surface area contributed by atoms with Gasteiger partial charge >= 0.3 is 6.09 Å². The van der Waals surface area contributed by atoms with Crippen molar-refractivity contribution in [1.82, 2.24) is 15.2 Å². The highest BCUT2D eigenvalue weighted by molar-refractivity contribution is 5.84. The van der Waals surface area contributed by atoms with Gasteiger partial charge in [0, 0.05) is 33.2 Å². The molecule has 3 rings (SSSR count). The molecule has 2 heterocycles. The molecule has 1 saturated heterocycles. The van der Waals surface area contributed by atoms with Crippen molar-refractivity contribution in [1.29, 1.82) is 0 Å². The number of fused-ring (bicyclic) bond motifs is 1. The number of alkyl carbamates (subject to hydrolysis) is 1. The number of aromatic amines is 1. The lowest BCUT2D eigenvalue weighted by Crippen LogP contribution is -2.28. The maximum atomic E-state index is 11.5. The Labute approximate surface area is 141 Å². The summed E-state index contributed by atoms with van der Waals surface area (Å²) in [6.07, 6.45) is -5.07. The van der Waals surface area contributed by atoms with E-state index >= 15 is 0 Å². The van der Waals surface area contributed by atoms with Crippen LogP contribution in [0.15, 0.2) is 24.3 Å². The molecule has 5 heteroatoms. The summed E-state index contributed by atoms with van der Waals surface area (Å²) in [7, 11) is 1.03. The van der Waals surface area contributed by atoms with Crippen LogP contribution in [0, 0.1) is 0 Å². The van der Waals surface area contributed by atoms with Crippen molar-refractivity contribution < 1.29 is 26.0 Å². The van der Waals surface area contributed by atoms with E-state index in [1.807, 2.05) is 5.32 Å². The summed E-state index contributed by atoms with van der Waals surface area (Å²) in [5.74, 6) is 0. The Bertz CT molecular complexity index is 1130. The number of aromatic nitrogens is 1. The molecule has 0 radical (unpaired) electrons. The third-order valence-electron chi connectivity index (χ3n) is 2.82. The van der Waals surface area contributed by atoms with Crippen LogP contribution < -0.4 is 5.32 Å². The van der Waals surface area contributed by atoms with Crippen LogP contribution >= 0.6 is 0 Å². The second-order valence-corrected chi connectivity index (χ2v) is 4.43. The van der Waals surface area contributed by atoms with Gasteiger partial charge in [0.05, 0.1) is 12.9 Å². The molecular weight excluding hydrogens is 266 g/mol. The van der Waals surface area contributed by atoms with Gasteiger partial charge in [-0.15, -0.1) is 0 Å². The number of H-pyrrole nitrogens is 1. The first-order valence-electron chi connectivity index (χ1n) is 12.2. The quantitative estimate of drug-likeness (QED) is 0.887. The summed E-state index contributed by atoms with van der Waals surface area (Å²) in [5, 5.41) is 1.77. The minimum atomic E-state index is -2.89. The van der Waals surface area contributed by atoms with Gasteiger partial charge in [-0.3, -0.25) is 0 Å². The molecule has 0 unspecified atom stereocenters. The highest BCUT2D eigenvalue weighted by Gasteiger charge is 2.22. The van der Waals surface area contributed by atoms with E-state index < -0.39 is 74.8 Å². The van der Waals surface area contributed by atoms with Crippen LogP contribution in [0.3, 0.4) is 0 Å². The molecule has 1 fully saturated rings. The maximum absolute atomic E-state index is 11.5. The first-order valence-corrected chi connectivity index (χ1v) is 6.15. The minimum Gasteiger partial charge on any atom is -0.447 e. The average Bonchev–Trinajstić information content (AvgIpc) is 3.19. The molecule has 0 saturated carbocycles. The molecule has 21 heavy (non-hydrogen) atoms. The molecule has 1 aromatic heterocycles. The fourth-order valence-electron chi connectivity index (χ4n) is 1.87. The lowest BCUT2D eigenvalue weighted by molar-refractivity contribution is 0.177. The Kier molecular flexibility index (Phi) is 1.55. The molecule has 112 valence electrons. The molecule has 0 spiro atoms. The molecule has 0 aliphatic carbocycles. The van der Waals surface area contributed by atoms with Crippen LogP contribution in [0.4, 0.5) is 4.79 Å². The van der Waals surface area contributed by atoms with Gasteiger partial charge in [0.25, 0.3) is 0 Å². The molecule has 1 aromatic carbocycles. The standard InChI is InChI=1S/C16H21N3O2/c1-19(2)6-5-12-9-17-15-4-3-11(8-14(12)15)7-13-10-21-16(20)18-13/h3-4,8-9,13,17H,5-7,10H2,1-2H3,(H,18,20)/t13-/m0/s1/i1D3,3D,4D,6D2,7D2,8D,9D,13D. The molecule has 2 N–H and O–H groups in total. The summed E-state index contributed by atoms with van der Waals surface area (Å²) in [5.41, 5.74) is -1.10. The summed E-state index contributed by atoms with van der Waals surface area (Å²) in [6, 6.07) is -4.44. The van der Waals surface area contributed by atoms with E-state index in [1.165, 1.54) is 0 Å². The van der Waals surface area contributed by atoms with Crippen molar-refractivity contribution in [2.75, 3.05) is 27.1 Å². The van der Waals surface area contributed by atoms with E-state index in [1.54, 1.807) is 0 Å². The third kappa shape index (κ3) is 3.19. The smallest absolute Gasteiger partial charge is 0.407 e. The van der Waals surface area contributed by atoms with Gasteiger partial charge in [-0.05, 0) is 50.0 Å². The van der Waals surface area contributed by atoms with Gasteiger partial charge in [0.1, 0.15) is 6.61 Å². The zero-order valence-electron chi connectivity index (χ0n) is 23.2. The van der Waals surface area contributed by atoms with Crippen molar-refractivity contribution in [3.63, 3.8) is 0 Å². The monoisotopic (exact) mass is 299 g/mol. The van der Waals surface area contributed by atoms with E-state index in [2.05, 4.69) is 9.72 Å². The van der Waals surface area contributed by atoms with Crippen LogP contribution in [0.5, 0.6) is 0 Å². The highest BCUT2D eigenvalue weighted by atomic mass is 16.6. The topological polar surface area (TPSA) is 57.4 Å². The number of hydrogen-bond acceptors (Lipinski definition) is 3. The second-order valence-electron chi connectivity index (χ2n) is 4.43. The fourth-order valence-corrected chi connectivity index (χ4v) is 1.87. The van der Waals surface area contributed by atoms with Crippen LogP contribution in [0.1, 0.15) is 27.6 Å². The Hall–Kier alpha value is -2.01. The van der Waals surface area contributed by atoms with E-state index in [-0.39, 0.29) is 16.5 Å². The highest BCUT2D eigenvalue weighted by Crippen LogP contribution is 2.21. The third-order valence-corrected chi connectivity index (χ3v) is 2.82. The molecule has 1 aliphatic heterocycles. The summed E-state index contributed by atoms with van der Waals surface area (Å²) < 4.78 is 102. The predicted molar refractivity (Wildman–Crippen MR) is 82.5 cm³/mol. The lowest BCUT2D eigenvalue weighted by Gasteiger charge is -2.09. The number of ether oxygens (including phenoxy) is 1. The van der Waals surface area contributed by atoms with Crippen molar-refractivity contribution in [3.05, 3.63) is 35.4 Å². The molecule has 0 bridgehead atoms. The first kappa shape index (κ1) is 5.65. The average molecular weight is 299 g/mol. The van der Waals surface area contributed by atoms with Crippen molar-refractivity contribution in [3.8, 4) is 0 Å². The number of carbonyl (C=O) groups excluding carboxylic acids is 1. The van der Waals surface area contributed by atoms with E-state index in [0.717, 1.165) is 7.05 Å². The molecule has 1 aliphatic rings. The second kappa shape index (κ2) is 5.77. The minimum absolute atomic E-state index is 0.188. The van der Waals surface area contributed by atoms with Crippen LogP contribution in [0.2, 0.25) is 0 Å². The Morgan fingerprint density at radius 3 is 3.33 bits per heavy atom. The molecule has 5 nitrogen and oxygen atoms in total. The molecular formula is C16H21N3O2. The SMILES string of the molecule is [2H]c1[nH]c2c([2H])c([2H])c(C([2H])([2H])[C@@]3([2H])COC(=O)N3)c([2H])c2c1CC([2H])([2H])N(C)C([2H])([2H])[2H]. The van der Waals surface area contributed by atoms with Gasteiger partial charge in [0.2, 0.25) is 0 Å². The predicted octanol–water partition coefficient (Wildman–Crippen LogP) is 1.92. The van der Waals surface area contributed by atoms with Crippen LogP contribution in [-0.4, -0.2) is 49.1 Å². The summed E-state index contributed by atoms with van der Waals surface area (Å²) >= 11 is 0. The fraction of sp³-hybridized carbons (Fsp3) is 0.438. The Balaban J connectivity index is 2.25. The number of cyclic esters (lactones) is 1. The number of benzene rings is 1. The van der Waals surface area contributed by atoms with Crippen molar-refractivity contribution in [2.24, 2.45) is 0 Å². The number of nitrogens with zero attached hydrogens (tertiary/aromatic N) is 1. The number of aryl methyl sites for hydroxylation is 1. The van der Waals surface area contributed by atoms with Gasteiger partial charge in [-0.25, -0.2) is 4.79 Å². The van der Waals surface area contributed by atoms with Crippen molar-refractivity contribution in [2.45, 2.75) is 18.8 Å². The number of likely N-dealkylation sites (N-methyl/N-ethyl adjacent to an activating group) is 1.